The molecular weight excluding hydrogens is 280 g/mol. The molecule has 1 rings (SSSR count). The van der Waals surface area contributed by atoms with Gasteiger partial charge in [0, 0.05) is 35.4 Å². The van der Waals surface area contributed by atoms with Crippen molar-refractivity contribution in [3.05, 3.63) is 35.4 Å². The van der Waals surface area contributed by atoms with E-state index in [9.17, 15) is 13.8 Å². The zero-order chi connectivity index (χ0) is 15.0. The van der Waals surface area contributed by atoms with E-state index in [0.29, 0.717) is 24.6 Å². The second-order valence-electron chi connectivity index (χ2n) is 4.04. The molecule has 3 N–H and O–H groups in total. The van der Waals surface area contributed by atoms with Gasteiger partial charge in [0.25, 0.3) is 0 Å². The van der Waals surface area contributed by atoms with Gasteiger partial charge in [0.15, 0.2) is 0 Å². The fourth-order valence-corrected chi connectivity index (χ4v) is 2.05. The summed E-state index contributed by atoms with van der Waals surface area (Å²) >= 11 is 0. The number of urea groups is 1. The fourth-order valence-electron chi connectivity index (χ4n) is 1.43. The number of carboxylic acid groups (broad SMARTS) is 1. The van der Waals surface area contributed by atoms with E-state index < -0.39 is 16.8 Å². The van der Waals surface area contributed by atoms with Gasteiger partial charge in [-0.1, -0.05) is 19.1 Å². The van der Waals surface area contributed by atoms with Gasteiger partial charge in [-0.25, -0.2) is 9.59 Å². The number of nitrogens with one attached hydrogen (secondary N) is 2. The number of carbonyl (C=O) groups is 2. The summed E-state index contributed by atoms with van der Waals surface area (Å²) in [5.41, 5.74) is 1.02. The van der Waals surface area contributed by atoms with Crippen LogP contribution in [0.1, 0.15) is 22.8 Å². The third-order valence-electron chi connectivity index (χ3n) is 2.59. The molecule has 1 aromatic carbocycles. The normalized spacial score (nSPS) is 11.7. The minimum atomic E-state index is -0.980. The molecule has 1 aromatic rings. The lowest BCUT2D eigenvalue weighted by molar-refractivity contribution is 0.0697. The summed E-state index contributed by atoms with van der Waals surface area (Å²) in [7, 11) is -0.889. The maximum Gasteiger partial charge on any atom is 0.335 e. The first-order chi connectivity index (χ1) is 9.52. The largest absolute Gasteiger partial charge is 0.478 e. The van der Waals surface area contributed by atoms with Crippen LogP contribution in [0.25, 0.3) is 0 Å². The first-order valence-electron chi connectivity index (χ1n) is 6.22. The number of carboxylic acids is 1. The molecule has 0 spiro atoms. The van der Waals surface area contributed by atoms with E-state index in [0.717, 1.165) is 5.56 Å². The molecule has 6 nitrogen and oxygen atoms in total. The van der Waals surface area contributed by atoms with Gasteiger partial charge in [0.05, 0.1) is 5.56 Å². The van der Waals surface area contributed by atoms with E-state index in [1.807, 2.05) is 6.92 Å². The Labute approximate surface area is 120 Å². The van der Waals surface area contributed by atoms with Crippen LogP contribution in [0, 0.1) is 0 Å². The predicted molar refractivity (Wildman–Crippen MR) is 77.2 cm³/mol. The molecule has 20 heavy (non-hydrogen) atoms. The topological polar surface area (TPSA) is 95.5 Å². The monoisotopic (exact) mass is 298 g/mol. The van der Waals surface area contributed by atoms with Crippen LogP contribution < -0.4 is 10.6 Å². The van der Waals surface area contributed by atoms with Crippen LogP contribution in [0.15, 0.2) is 24.3 Å². The van der Waals surface area contributed by atoms with Gasteiger partial charge in [-0.3, -0.25) is 4.21 Å². The molecule has 0 aliphatic carbocycles. The van der Waals surface area contributed by atoms with Gasteiger partial charge < -0.3 is 15.7 Å². The minimum absolute atomic E-state index is 0.209. The van der Waals surface area contributed by atoms with Crippen LogP contribution in [-0.2, 0) is 17.3 Å². The number of rotatable bonds is 7. The van der Waals surface area contributed by atoms with Gasteiger partial charge in [-0.2, -0.15) is 0 Å². The zero-order valence-corrected chi connectivity index (χ0v) is 12.0. The van der Waals surface area contributed by atoms with Crippen molar-refractivity contribution in [3.8, 4) is 0 Å². The second kappa shape index (κ2) is 8.31. The molecule has 0 saturated carbocycles. The molecule has 0 bridgehead atoms. The molecule has 0 fully saturated rings. The number of aromatic carboxylic acids is 1. The molecule has 0 saturated heterocycles. The van der Waals surface area contributed by atoms with E-state index in [4.69, 9.17) is 5.11 Å². The van der Waals surface area contributed by atoms with E-state index in [1.165, 1.54) is 12.1 Å². The second-order valence-corrected chi connectivity index (χ2v) is 5.91. The molecule has 0 radical (unpaired) electrons. The average Bonchev–Trinajstić information content (AvgIpc) is 2.45. The lowest BCUT2D eigenvalue weighted by Gasteiger charge is -2.07. The van der Waals surface area contributed by atoms with Crippen molar-refractivity contribution in [1.29, 1.82) is 0 Å². The van der Waals surface area contributed by atoms with Gasteiger partial charge >= 0.3 is 12.0 Å². The smallest absolute Gasteiger partial charge is 0.335 e. The summed E-state index contributed by atoms with van der Waals surface area (Å²) in [5, 5.41) is 14.0. The maximum absolute atomic E-state index is 11.4. The molecule has 0 aromatic heterocycles. The lowest BCUT2D eigenvalue weighted by atomic mass is 10.1. The van der Waals surface area contributed by atoms with Gasteiger partial charge in [0.2, 0.25) is 0 Å². The Morgan fingerprint density at radius 3 is 2.40 bits per heavy atom. The summed E-state index contributed by atoms with van der Waals surface area (Å²) in [4.78, 5) is 22.1. The van der Waals surface area contributed by atoms with Gasteiger partial charge in [-0.05, 0) is 17.7 Å². The average molecular weight is 298 g/mol. The molecule has 7 heteroatoms. The summed E-state index contributed by atoms with van der Waals surface area (Å²) in [6, 6.07) is 5.94. The molecule has 0 aliphatic heterocycles. The SMILES string of the molecule is CCS(=O)CCNC(=O)NCc1ccc(C(=O)O)cc1. The minimum Gasteiger partial charge on any atom is -0.478 e. The van der Waals surface area contributed by atoms with Gasteiger partial charge in [-0.15, -0.1) is 0 Å². The highest BCUT2D eigenvalue weighted by molar-refractivity contribution is 7.84. The Morgan fingerprint density at radius 1 is 1.20 bits per heavy atom. The van der Waals surface area contributed by atoms with E-state index in [-0.39, 0.29) is 11.6 Å². The molecule has 2 amide bonds. The number of carbonyl (C=O) groups excluding carboxylic acids is 1. The van der Waals surface area contributed by atoms with Crippen molar-refractivity contribution in [1.82, 2.24) is 10.6 Å². The fraction of sp³-hybridized carbons (Fsp3) is 0.385. The summed E-state index contributed by atoms with van der Waals surface area (Å²) in [6.45, 7) is 2.50. The number of hydrogen-bond donors (Lipinski definition) is 3. The van der Waals surface area contributed by atoms with E-state index >= 15 is 0 Å². The van der Waals surface area contributed by atoms with E-state index in [2.05, 4.69) is 10.6 Å². The highest BCUT2D eigenvalue weighted by atomic mass is 32.2. The van der Waals surface area contributed by atoms with Crippen LogP contribution in [0.4, 0.5) is 4.79 Å². The molecule has 0 heterocycles. The summed E-state index contributed by atoms with van der Waals surface area (Å²) in [5.74, 6) is 0.0439. The van der Waals surface area contributed by atoms with Crippen molar-refractivity contribution in [2.45, 2.75) is 13.5 Å². The van der Waals surface area contributed by atoms with Crippen molar-refractivity contribution >= 4 is 22.8 Å². The quantitative estimate of drug-likeness (QED) is 0.698. The number of hydrogen-bond acceptors (Lipinski definition) is 3. The first kappa shape index (κ1) is 16.2. The summed E-state index contributed by atoms with van der Waals surface area (Å²) < 4.78 is 11.2. The lowest BCUT2D eigenvalue weighted by Crippen LogP contribution is -2.37. The molecule has 1 atom stereocenters. The first-order valence-corrected chi connectivity index (χ1v) is 7.70. The highest BCUT2D eigenvalue weighted by Crippen LogP contribution is 2.03. The standard InChI is InChI=1S/C13H18N2O4S/c1-2-20(19)8-7-14-13(18)15-9-10-3-5-11(6-4-10)12(16)17/h3-6H,2,7-9H2,1H3,(H,16,17)(H2,14,15,18). The molecular formula is C13H18N2O4S. The van der Waals surface area contributed by atoms with Crippen LogP contribution in [-0.4, -0.2) is 39.4 Å². The molecule has 110 valence electrons. The maximum atomic E-state index is 11.4. The highest BCUT2D eigenvalue weighted by Gasteiger charge is 2.04. The van der Waals surface area contributed by atoms with Crippen LogP contribution in [0.5, 0.6) is 0 Å². The van der Waals surface area contributed by atoms with Crippen LogP contribution >= 0.6 is 0 Å². The van der Waals surface area contributed by atoms with Crippen molar-refractivity contribution in [2.24, 2.45) is 0 Å². The van der Waals surface area contributed by atoms with E-state index in [1.54, 1.807) is 12.1 Å². The third-order valence-corrected chi connectivity index (χ3v) is 3.89. The van der Waals surface area contributed by atoms with Crippen LogP contribution in [0.3, 0.4) is 0 Å². The van der Waals surface area contributed by atoms with Crippen molar-refractivity contribution < 1.29 is 18.9 Å². The Morgan fingerprint density at radius 2 is 1.85 bits per heavy atom. The Hall–Kier alpha value is -1.89. The van der Waals surface area contributed by atoms with Crippen molar-refractivity contribution in [2.75, 3.05) is 18.1 Å². The third kappa shape index (κ3) is 5.83. The van der Waals surface area contributed by atoms with Crippen LogP contribution in [0.2, 0.25) is 0 Å². The Balaban J connectivity index is 2.30. The number of benzene rings is 1. The van der Waals surface area contributed by atoms with Crippen molar-refractivity contribution in [3.63, 3.8) is 0 Å². The molecule has 0 aliphatic rings. The van der Waals surface area contributed by atoms with Gasteiger partial charge in [0.1, 0.15) is 0 Å². The predicted octanol–water partition coefficient (Wildman–Crippen LogP) is 0.953. The number of amides is 2. The Bertz CT molecular complexity index is 488. The Kier molecular flexibility index (Phi) is 6.72. The molecule has 1 unspecified atom stereocenters. The summed E-state index contributed by atoms with van der Waals surface area (Å²) in [6.07, 6.45) is 0. The zero-order valence-electron chi connectivity index (χ0n) is 11.2.